The van der Waals surface area contributed by atoms with Crippen molar-refractivity contribution in [3.8, 4) is 0 Å². The minimum absolute atomic E-state index is 0.338. The Morgan fingerprint density at radius 3 is 2.95 bits per heavy atom. The molecule has 0 fully saturated rings. The molecule has 4 aromatic rings. The Morgan fingerprint density at radius 2 is 2.05 bits per heavy atom. The first-order chi connectivity index (χ1) is 10.3. The van der Waals surface area contributed by atoms with Crippen LogP contribution in [0.25, 0.3) is 21.3 Å². The van der Waals surface area contributed by atoms with Gasteiger partial charge in [-0.1, -0.05) is 28.6 Å². The summed E-state index contributed by atoms with van der Waals surface area (Å²) in [5.74, 6) is 0. The largest absolute Gasteiger partial charge is 0.388 e. The fourth-order valence-corrected chi connectivity index (χ4v) is 3.11. The van der Waals surface area contributed by atoms with Crippen molar-refractivity contribution in [3.63, 3.8) is 0 Å². The van der Waals surface area contributed by atoms with Gasteiger partial charge in [-0.25, -0.2) is 4.98 Å². The van der Waals surface area contributed by atoms with Gasteiger partial charge in [0.05, 0.1) is 10.2 Å². The quantitative estimate of drug-likeness (QED) is 0.582. The lowest BCUT2D eigenvalue weighted by atomic mass is 10.3. The fraction of sp³-hybridized carbons (Fsp3) is 0.0714. The van der Waals surface area contributed by atoms with Gasteiger partial charge >= 0.3 is 0 Å². The van der Waals surface area contributed by atoms with E-state index in [-0.39, 0.29) is 0 Å². The minimum atomic E-state index is 0.338. The third-order valence-corrected chi connectivity index (χ3v) is 4.27. The number of benzene rings is 2. The number of para-hydroxylation sites is 1. The van der Waals surface area contributed by atoms with E-state index in [9.17, 15) is 0 Å². The van der Waals surface area contributed by atoms with E-state index in [1.807, 2.05) is 30.3 Å². The van der Waals surface area contributed by atoms with Crippen LogP contribution >= 0.6 is 22.9 Å². The van der Waals surface area contributed by atoms with Gasteiger partial charge in [0.25, 0.3) is 0 Å². The van der Waals surface area contributed by atoms with Crippen LogP contribution in [0.15, 0.2) is 42.5 Å². The Labute approximate surface area is 128 Å². The highest BCUT2D eigenvalue weighted by molar-refractivity contribution is 7.18. The van der Waals surface area contributed by atoms with E-state index < -0.39 is 0 Å². The van der Waals surface area contributed by atoms with Crippen molar-refractivity contribution in [1.82, 2.24) is 20.1 Å². The van der Waals surface area contributed by atoms with Crippen LogP contribution in [0.2, 0.25) is 5.02 Å². The zero-order valence-electron chi connectivity index (χ0n) is 10.7. The van der Waals surface area contributed by atoms with Crippen molar-refractivity contribution < 1.29 is 4.84 Å². The third kappa shape index (κ3) is 2.32. The number of nitrogens with zero attached hydrogens (tertiary/aromatic N) is 4. The maximum atomic E-state index is 5.98. The molecule has 0 atom stereocenters. The van der Waals surface area contributed by atoms with Crippen molar-refractivity contribution >= 4 is 44.2 Å². The highest BCUT2D eigenvalue weighted by atomic mass is 35.5. The van der Waals surface area contributed by atoms with E-state index in [0.29, 0.717) is 11.6 Å². The predicted molar refractivity (Wildman–Crippen MR) is 82.4 cm³/mol. The van der Waals surface area contributed by atoms with Gasteiger partial charge in [-0.15, -0.1) is 16.4 Å². The summed E-state index contributed by atoms with van der Waals surface area (Å²) in [6, 6.07) is 13.4. The normalized spacial score (nSPS) is 11.3. The van der Waals surface area contributed by atoms with Crippen LogP contribution in [0.5, 0.6) is 0 Å². The molecule has 0 saturated heterocycles. The SMILES string of the molecule is Clc1ccc2nnn(OCc3nc4ccccc4s3)c2c1. The van der Waals surface area contributed by atoms with E-state index in [2.05, 4.69) is 15.3 Å². The summed E-state index contributed by atoms with van der Waals surface area (Å²) >= 11 is 7.59. The summed E-state index contributed by atoms with van der Waals surface area (Å²) in [5, 5.41) is 9.51. The number of hydrogen-bond acceptors (Lipinski definition) is 5. The lowest BCUT2D eigenvalue weighted by molar-refractivity contribution is 0.0751. The van der Waals surface area contributed by atoms with E-state index in [0.717, 1.165) is 26.3 Å². The molecular formula is C14H9ClN4OS. The highest BCUT2D eigenvalue weighted by Crippen LogP contribution is 2.22. The molecule has 0 aliphatic heterocycles. The monoisotopic (exact) mass is 316 g/mol. The lowest BCUT2D eigenvalue weighted by Gasteiger charge is -2.02. The molecule has 0 spiro atoms. The van der Waals surface area contributed by atoms with Crippen LogP contribution in [0.1, 0.15) is 5.01 Å². The molecule has 2 aromatic heterocycles. The summed E-state index contributed by atoms with van der Waals surface area (Å²) in [6.45, 7) is 0.338. The van der Waals surface area contributed by atoms with Gasteiger partial charge in [-0.2, -0.15) is 0 Å². The zero-order valence-corrected chi connectivity index (χ0v) is 12.3. The third-order valence-electron chi connectivity index (χ3n) is 3.03. The second kappa shape index (κ2) is 4.98. The first-order valence-electron chi connectivity index (χ1n) is 6.28. The fourth-order valence-electron chi connectivity index (χ4n) is 2.06. The van der Waals surface area contributed by atoms with Gasteiger partial charge in [-0.3, -0.25) is 0 Å². The van der Waals surface area contributed by atoms with Crippen LogP contribution in [0.3, 0.4) is 0 Å². The van der Waals surface area contributed by atoms with Gasteiger partial charge < -0.3 is 4.84 Å². The van der Waals surface area contributed by atoms with Crippen LogP contribution in [-0.2, 0) is 6.61 Å². The number of hydrogen-bond donors (Lipinski definition) is 0. The van der Waals surface area contributed by atoms with Crippen molar-refractivity contribution in [2.24, 2.45) is 0 Å². The molecule has 0 amide bonds. The van der Waals surface area contributed by atoms with E-state index >= 15 is 0 Å². The first kappa shape index (κ1) is 12.6. The molecule has 4 rings (SSSR count). The Morgan fingerprint density at radius 1 is 1.14 bits per heavy atom. The number of aromatic nitrogens is 4. The molecule has 0 aliphatic rings. The predicted octanol–water partition coefficient (Wildman–Crippen LogP) is 3.32. The Kier molecular flexibility index (Phi) is 2.98. The van der Waals surface area contributed by atoms with Gasteiger partial charge in [0, 0.05) is 5.02 Å². The molecule has 0 N–H and O–H groups in total. The molecule has 0 aliphatic carbocycles. The van der Waals surface area contributed by atoms with Gasteiger partial charge in [0.15, 0.2) is 6.61 Å². The van der Waals surface area contributed by atoms with E-state index in [1.165, 1.54) is 4.85 Å². The molecule has 104 valence electrons. The molecular weight excluding hydrogens is 308 g/mol. The molecule has 0 radical (unpaired) electrons. The minimum Gasteiger partial charge on any atom is -0.388 e. The molecule has 2 heterocycles. The van der Waals surface area contributed by atoms with Crippen molar-refractivity contribution in [2.45, 2.75) is 6.61 Å². The second-order valence-corrected chi connectivity index (χ2v) is 6.00. The molecule has 21 heavy (non-hydrogen) atoms. The van der Waals surface area contributed by atoms with Gasteiger partial charge in [0.2, 0.25) is 0 Å². The molecule has 0 unspecified atom stereocenters. The highest BCUT2D eigenvalue weighted by Gasteiger charge is 2.08. The lowest BCUT2D eigenvalue weighted by Crippen LogP contribution is -2.12. The summed E-state index contributed by atoms with van der Waals surface area (Å²) in [4.78, 5) is 11.6. The second-order valence-electron chi connectivity index (χ2n) is 4.44. The average molecular weight is 317 g/mol. The van der Waals surface area contributed by atoms with Gasteiger partial charge in [0.1, 0.15) is 16.0 Å². The van der Waals surface area contributed by atoms with Crippen LogP contribution in [0, 0.1) is 0 Å². The molecule has 5 nitrogen and oxygen atoms in total. The number of halogens is 1. The summed E-state index contributed by atoms with van der Waals surface area (Å²) in [7, 11) is 0. The summed E-state index contributed by atoms with van der Waals surface area (Å²) in [6.07, 6.45) is 0. The summed E-state index contributed by atoms with van der Waals surface area (Å²) in [5.41, 5.74) is 2.46. The van der Waals surface area contributed by atoms with Crippen molar-refractivity contribution in [1.29, 1.82) is 0 Å². The maximum Gasteiger partial charge on any atom is 0.168 e. The Balaban J connectivity index is 1.61. The van der Waals surface area contributed by atoms with E-state index in [1.54, 1.807) is 23.5 Å². The molecule has 0 bridgehead atoms. The topological polar surface area (TPSA) is 52.8 Å². The maximum absolute atomic E-state index is 5.98. The molecule has 7 heteroatoms. The number of fused-ring (bicyclic) bond motifs is 2. The van der Waals surface area contributed by atoms with Crippen LogP contribution in [0.4, 0.5) is 0 Å². The van der Waals surface area contributed by atoms with E-state index in [4.69, 9.17) is 16.4 Å². The van der Waals surface area contributed by atoms with Crippen LogP contribution in [-0.4, -0.2) is 20.1 Å². The number of thiazole rings is 1. The van der Waals surface area contributed by atoms with Crippen LogP contribution < -0.4 is 4.84 Å². The standard InChI is InChI=1S/C14H9ClN4OS/c15-9-5-6-10-12(7-9)19(18-17-10)20-8-14-16-11-3-1-2-4-13(11)21-14/h1-7H,8H2. The first-order valence-corrected chi connectivity index (χ1v) is 7.48. The molecule has 2 aromatic carbocycles. The zero-order chi connectivity index (χ0) is 14.2. The van der Waals surface area contributed by atoms with Crippen molar-refractivity contribution in [2.75, 3.05) is 0 Å². The van der Waals surface area contributed by atoms with Gasteiger partial charge in [-0.05, 0) is 35.5 Å². The average Bonchev–Trinajstić information content (AvgIpc) is 3.07. The van der Waals surface area contributed by atoms with Crippen molar-refractivity contribution in [3.05, 3.63) is 52.5 Å². The smallest absolute Gasteiger partial charge is 0.168 e. The Hall–Kier alpha value is -2.18. The summed E-state index contributed by atoms with van der Waals surface area (Å²) < 4.78 is 1.14. The Bertz CT molecular complexity index is 900. The molecule has 0 saturated carbocycles. The number of rotatable bonds is 3.